The predicted octanol–water partition coefficient (Wildman–Crippen LogP) is 3.98. The van der Waals surface area contributed by atoms with Gasteiger partial charge < -0.3 is 47.4 Å². The van der Waals surface area contributed by atoms with Crippen molar-refractivity contribution in [2.24, 2.45) is 0 Å². The summed E-state index contributed by atoms with van der Waals surface area (Å²) in [6.45, 7) is 6.11. The van der Waals surface area contributed by atoms with Crippen LogP contribution in [0.4, 0.5) is 4.79 Å². The van der Waals surface area contributed by atoms with Gasteiger partial charge in [0.05, 0.1) is 97.9 Å². The summed E-state index contributed by atoms with van der Waals surface area (Å²) in [6.07, 6.45) is 1.96. The summed E-state index contributed by atoms with van der Waals surface area (Å²) >= 11 is 0. The van der Waals surface area contributed by atoms with Gasteiger partial charge in [0.1, 0.15) is 19.0 Å². The highest BCUT2D eigenvalue weighted by atomic mass is 16.7. The van der Waals surface area contributed by atoms with E-state index in [1.807, 2.05) is 36.4 Å². The van der Waals surface area contributed by atoms with E-state index in [0.29, 0.717) is 71.6 Å². The van der Waals surface area contributed by atoms with Gasteiger partial charge in [-0.05, 0) is 47.5 Å². The average Bonchev–Trinajstić information content (AvgIpc) is 3.13. The Morgan fingerprint density at radius 1 is 0.633 bits per heavy atom. The zero-order valence-electron chi connectivity index (χ0n) is 28.0. The number of esters is 2. The number of pyridine rings is 1. The number of hydrogen-bond donors (Lipinski definition) is 0. The fourth-order valence-electron chi connectivity index (χ4n) is 4.12. The summed E-state index contributed by atoms with van der Waals surface area (Å²) in [6, 6.07) is 14.5. The Morgan fingerprint density at radius 3 is 1.67 bits per heavy atom. The zero-order chi connectivity index (χ0) is 34.9. The lowest BCUT2D eigenvalue weighted by molar-refractivity contribution is -0.141. The smallest absolute Gasteiger partial charge is 0.497 e. The van der Waals surface area contributed by atoms with Crippen molar-refractivity contribution in [3.63, 3.8) is 0 Å². The lowest BCUT2D eigenvalue weighted by atomic mass is 9.98. The molecule has 0 aliphatic heterocycles. The number of nitrogens with zero attached hydrogens (tertiary/aromatic N) is 1. The van der Waals surface area contributed by atoms with Gasteiger partial charge >= 0.3 is 18.1 Å². The average molecular weight is 688 g/mol. The largest absolute Gasteiger partial charge is 0.516 e. The second-order valence-corrected chi connectivity index (χ2v) is 10.3. The van der Waals surface area contributed by atoms with Crippen LogP contribution in [-0.2, 0) is 47.4 Å². The number of rotatable bonds is 25. The van der Waals surface area contributed by atoms with Gasteiger partial charge in [0.25, 0.3) is 0 Å². The van der Waals surface area contributed by atoms with Crippen LogP contribution >= 0.6 is 0 Å². The molecule has 3 aromatic rings. The Balaban J connectivity index is 1.04. The van der Waals surface area contributed by atoms with E-state index in [1.54, 1.807) is 32.4 Å². The van der Waals surface area contributed by atoms with Gasteiger partial charge in [-0.1, -0.05) is 24.3 Å². The molecule has 2 aromatic carbocycles. The molecule has 1 aromatic heterocycles. The van der Waals surface area contributed by atoms with Crippen LogP contribution in [0.2, 0.25) is 0 Å². The molecule has 0 unspecified atom stereocenters. The van der Waals surface area contributed by atoms with Crippen LogP contribution in [0.1, 0.15) is 28.8 Å². The van der Waals surface area contributed by atoms with E-state index in [2.05, 4.69) is 4.98 Å². The lowest BCUT2D eigenvalue weighted by Crippen LogP contribution is -2.20. The van der Waals surface area contributed by atoms with Crippen molar-refractivity contribution >= 4 is 28.9 Å². The minimum Gasteiger partial charge on any atom is -0.497 e. The number of aromatic nitrogens is 1. The maximum Gasteiger partial charge on any atom is 0.516 e. The van der Waals surface area contributed by atoms with E-state index >= 15 is 0 Å². The monoisotopic (exact) mass is 687 g/mol. The topological polar surface area (TPSA) is 156 Å². The summed E-state index contributed by atoms with van der Waals surface area (Å²) in [5, 5.41) is 1.91. The molecule has 14 nitrogen and oxygen atoms in total. The van der Waals surface area contributed by atoms with E-state index in [4.69, 9.17) is 47.4 Å². The fraction of sp³-hybridized carbons (Fsp3) is 0.486. The van der Waals surface area contributed by atoms with Crippen LogP contribution in [0.25, 0.3) is 10.8 Å². The van der Waals surface area contributed by atoms with E-state index in [-0.39, 0.29) is 26.4 Å². The number of methoxy groups -OCH3 is 1. The van der Waals surface area contributed by atoms with Gasteiger partial charge in [-0.2, -0.15) is 0 Å². The molecule has 0 radical (unpaired) electrons. The van der Waals surface area contributed by atoms with E-state index < -0.39 is 24.0 Å². The molecular weight excluding hydrogens is 642 g/mol. The van der Waals surface area contributed by atoms with Crippen molar-refractivity contribution in [2.75, 3.05) is 99.6 Å². The third-order valence-corrected chi connectivity index (χ3v) is 6.77. The summed E-state index contributed by atoms with van der Waals surface area (Å²) in [4.78, 5) is 40.0. The molecule has 3 rings (SSSR count). The Bertz CT molecular complexity index is 1390. The van der Waals surface area contributed by atoms with Crippen LogP contribution in [0.15, 0.2) is 60.9 Å². The van der Waals surface area contributed by atoms with E-state index in [9.17, 15) is 14.4 Å². The van der Waals surface area contributed by atoms with Crippen molar-refractivity contribution in [1.82, 2.24) is 4.98 Å². The zero-order valence-corrected chi connectivity index (χ0v) is 28.0. The Labute approximate surface area is 285 Å². The van der Waals surface area contributed by atoms with E-state index in [0.717, 1.165) is 22.1 Å². The number of benzene rings is 2. The Hall–Kier alpha value is -4.18. The first-order chi connectivity index (χ1) is 24.0. The molecule has 268 valence electrons. The highest BCUT2D eigenvalue weighted by Gasteiger charge is 2.21. The normalized spacial score (nSPS) is 11.6. The summed E-state index contributed by atoms with van der Waals surface area (Å²) in [7, 11) is 1.60. The predicted molar refractivity (Wildman–Crippen MR) is 176 cm³/mol. The molecule has 0 saturated carbocycles. The minimum absolute atomic E-state index is 0.0627. The fourth-order valence-corrected chi connectivity index (χ4v) is 4.12. The SMILES string of the molecule is COc1ccc2cc([C@@H](C)C(=O)OC(=O)OCCOCCOCCOCCOCCOCCOCCOC(=O)c3cccnc3)ccc2c1. The van der Waals surface area contributed by atoms with Crippen molar-refractivity contribution < 1.29 is 61.8 Å². The number of carbonyl (C=O) groups is 3. The molecule has 1 atom stereocenters. The van der Waals surface area contributed by atoms with E-state index in [1.165, 1.54) is 6.20 Å². The highest BCUT2D eigenvalue weighted by Crippen LogP contribution is 2.25. The van der Waals surface area contributed by atoms with Crippen LogP contribution in [0.5, 0.6) is 5.75 Å². The molecule has 14 heteroatoms. The van der Waals surface area contributed by atoms with Crippen LogP contribution in [0, 0.1) is 0 Å². The number of hydrogen-bond acceptors (Lipinski definition) is 14. The van der Waals surface area contributed by atoms with Crippen molar-refractivity contribution in [1.29, 1.82) is 0 Å². The standard InChI is InChI=1S/C35H45NO13/c1-27(28-5-6-30-25-32(40-2)8-7-29(30)24-28)33(37)49-35(39)48-23-21-46-19-17-44-15-13-42-11-10-41-12-14-43-16-18-45-20-22-47-34(38)31-4-3-9-36-26-31/h3-9,24-27H,10-23H2,1-2H3/t27-/m1/s1. The molecule has 0 bridgehead atoms. The van der Waals surface area contributed by atoms with Gasteiger partial charge in [-0.15, -0.1) is 0 Å². The van der Waals surface area contributed by atoms with Crippen molar-refractivity contribution in [3.05, 3.63) is 72.1 Å². The maximum absolute atomic E-state index is 12.4. The molecule has 0 aliphatic rings. The van der Waals surface area contributed by atoms with Crippen LogP contribution < -0.4 is 4.74 Å². The number of carbonyl (C=O) groups excluding carboxylic acids is 3. The van der Waals surface area contributed by atoms with Gasteiger partial charge in [-0.3, -0.25) is 9.78 Å². The molecule has 0 fully saturated rings. The minimum atomic E-state index is -1.07. The highest BCUT2D eigenvalue weighted by molar-refractivity contribution is 5.90. The second kappa shape index (κ2) is 24.0. The molecule has 0 spiro atoms. The third-order valence-electron chi connectivity index (χ3n) is 6.77. The third kappa shape index (κ3) is 16.2. The first-order valence-corrected chi connectivity index (χ1v) is 16.0. The molecule has 0 amide bonds. The lowest BCUT2D eigenvalue weighted by Gasteiger charge is -2.12. The van der Waals surface area contributed by atoms with Gasteiger partial charge in [0.15, 0.2) is 0 Å². The second-order valence-electron chi connectivity index (χ2n) is 10.3. The molecule has 49 heavy (non-hydrogen) atoms. The quantitative estimate of drug-likeness (QED) is 0.0716. The maximum atomic E-state index is 12.4. The van der Waals surface area contributed by atoms with Crippen molar-refractivity contribution in [3.8, 4) is 5.75 Å². The van der Waals surface area contributed by atoms with Gasteiger partial charge in [0, 0.05) is 12.4 Å². The first kappa shape index (κ1) is 39.3. The molecule has 1 heterocycles. The molecular formula is C35H45NO13. The molecule has 0 N–H and O–H groups in total. The molecule has 0 aliphatic carbocycles. The Kier molecular flexibility index (Phi) is 19.3. The number of ether oxygens (including phenoxy) is 10. The summed E-state index contributed by atoms with van der Waals surface area (Å²) in [5.74, 6) is -1.05. The van der Waals surface area contributed by atoms with Gasteiger partial charge in [0.2, 0.25) is 0 Å². The first-order valence-electron chi connectivity index (χ1n) is 16.0. The summed E-state index contributed by atoms with van der Waals surface area (Å²) in [5.41, 5.74) is 1.12. The Morgan fingerprint density at radius 2 is 1.14 bits per heavy atom. The van der Waals surface area contributed by atoms with Crippen LogP contribution in [-0.4, -0.2) is 123 Å². The molecule has 0 saturated heterocycles. The van der Waals surface area contributed by atoms with Crippen LogP contribution in [0.3, 0.4) is 0 Å². The van der Waals surface area contributed by atoms with Gasteiger partial charge in [-0.25, -0.2) is 9.59 Å². The summed E-state index contributed by atoms with van der Waals surface area (Å²) < 4.78 is 52.5. The van der Waals surface area contributed by atoms with Crippen molar-refractivity contribution in [2.45, 2.75) is 12.8 Å². The number of fused-ring (bicyclic) bond motifs is 1.